The number of allylic oxidation sites excluding steroid dienone is 4. The highest BCUT2D eigenvalue weighted by Crippen LogP contribution is 2.61. The first kappa shape index (κ1) is 22.0. The summed E-state index contributed by atoms with van der Waals surface area (Å²) >= 11 is 0. The van der Waals surface area contributed by atoms with Crippen LogP contribution in [0.15, 0.2) is 53.9 Å². The van der Waals surface area contributed by atoms with Crippen LogP contribution in [-0.4, -0.2) is 6.61 Å². The topological polar surface area (TPSA) is 47.3 Å². The van der Waals surface area contributed by atoms with Crippen molar-refractivity contribution in [3.63, 3.8) is 0 Å². The summed E-state index contributed by atoms with van der Waals surface area (Å²) < 4.78 is 33.7. The number of rotatable bonds is 6. The van der Waals surface area contributed by atoms with Crippen LogP contribution < -0.4 is 15.8 Å². The molecule has 2 aliphatic rings. The molecule has 1 aliphatic carbocycles. The molecule has 1 fully saturated rings. The summed E-state index contributed by atoms with van der Waals surface area (Å²) in [7, 11) is 0. The summed E-state index contributed by atoms with van der Waals surface area (Å²) in [6.07, 6.45) is 11.4. The Morgan fingerprint density at radius 3 is 2.53 bits per heavy atom. The highest BCUT2D eigenvalue weighted by atomic mass is 19.2. The van der Waals surface area contributed by atoms with Crippen molar-refractivity contribution in [2.45, 2.75) is 45.4 Å². The van der Waals surface area contributed by atoms with Crippen LogP contribution in [0, 0.1) is 29.4 Å². The molecule has 0 bridgehead atoms. The third kappa shape index (κ3) is 4.23. The predicted octanol–water partition coefficient (Wildman–Crippen LogP) is 6.34. The van der Waals surface area contributed by atoms with Gasteiger partial charge in [-0.05, 0) is 56.4 Å². The monoisotopic (exact) mass is 434 g/mol. The van der Waals surface area contributed by atoms with Gasteiger partial charge in [0.05, 0.1) is 6.61 Å². The van der Waals surface area contributed by atoms with Gasteiger partial charge in [-0.2, -0.15) is 0 Å². The first-order valence-corrected chi connectivity index (χ1v) is 11.0. The molecule has 2 aromatic carbocycles. The molecule has 1 saturated carbocycles. The third-order valence-electron chi connectivity index (χ3n) is 6.47. The molecule has 0 saturated heterocycles. The summed E-state index contributed by atoms with van der Waals surface area (Å²) in [5, 5.41) is 3.52. The molecule has 1 atom stereocenters. The van der Waals surface area contributed by atoms with Gasteiger partial charge < -0.3 is 15.8 Å². The van der Waals surface area contributed by atoms with Gasteiger partial charge in [0.1, 0.15) is 5.75 Å². The molecule has 3 N–H and O–H groups in total. The van der Waals surface area contributed by atoms with E-state index in [0.29, 0.717) is 30.0 Å². The average molecular weight is 435 g/mol. The number of halogens is 2. The molecule has 0 amide bonds. The smallest absolute Gasteiger partial charge is 0.162 e. The van der Waals surface area contributed by atoms with E-state index in [4.69, 9.17) is 16.9 Å². The minimum Gasteiger partial charge on any atom is -0.493 e. The van der Waals surface area contributed by atoms with Crippen molar-refractivity contribution in [2.24, 2.45) is 11.1 Å². The zero-order valence-corrected chi connectivity index (χ0v) is 18.5. The van der Waals surface area contributed by atoms with Crippen molar-refractivity contribution in [3.05, 3.63) is 76.6 Å². The largest absolute Gasteiger partial charge is 0.493 e. The van der Waals surface area contributed by atoms with E-state index in [9.17, 15) is 8.78 Å². The van der Waals surface area contributed by atoms with Gasteiger partial charge in [-0.1, -0.05) is 31.1 Å². The Morgan fingerprint density at radius 1 is 1.25 bits per heavy atom. The minimum absolute atomic E-state index is 0.000776. The summed E-state index contributed by atoms with van der Waals surface area (Å²) in [4.78, 5) is 0. The van der Waals surface area contributed by atoms with E-state index in [0.717, 1.165) is 41.8 Å². The van der Waals surface area contributed by atoms with Crippen LogP contribution in [0.5, 0.6) is 5.75 Å². The molecule has 4 rings (SSSR count). The van der Waals surface area contributed by atoms with Crippen LogP contribution in [0.25, 0.3) is 5.57 Å². The number of hydrogen-bond acceptors (Lipinski definition) is 3. The molecule has 32 heavy (non-hydrogen) atoms. The van der Waals surface area contributed by atoms with Gasteiger partial charge in [0.25, 0.3) is 0 Å². The fourth-order valence-electron chi connectivity index (χ4n) is 4.56. The first-order valence-electron chi connectivity index (χ1n) is 11.0. The molecule has 1 heterocycles. The second kappa shape index (κ2) is 8.70. The Labute approximate surface area is 188 Å². The van der Waals surface area contributed by atoms with E-state index < -0.39 is 11.6 Å². The Bertz CT molecular complexity index is 1120. The zero-order valence-electron chi connectivity index (χ0n) is 18.5. The van der Waals surface area contributed by atoms with Gasteiger partial charge in [-0.3, -0.25) is 0 Å². The van der Waals surface area contributed by atoms with Crippen LogP contribution in [0.4, 0.5) is 14.5 Å². The number of nitrogens with two attached hydrogens (primary N) is 1. The summed E-state index contributed by atoms with van der Waals surface area (Å²) in [6.45, 7) is 4.42. The lowest BCUT2D eigenvalue weighted by atomic mass is 9.78. The van der Waals surface area contributed by atoms with Crippen molar-refractivity contribution < 1.29 is 13.5 Å². The lowest BCUT2D eigenvalue weighted by Crippen LogP contribution is -2.29. The molecular weight excluding hydrogens is 406 g/mol. The quantitative estimate of drug-likeness (QED) is 0.522. The molecular formula is C27H28F2N2O. The summed E-state index contributed by atoms with van der Waals surface area (Å²) in [6, 6.07) is 10.3. The van der Waals surface area contributed by atoms with Crippen molar-refractivity contribution in [3.8, 4) is 18.1 Å². The van der Waals surface area contributed by atoms with Gasteiger partial charge in [0.2, 0.25) is 0 Å². The Balaban J connectivity index is 1.59. The first-order chi connectivity index (χ1) is 15.4. The maximum absolute atomic E-state index is 14.1. The second-order valence-corrected chi connectivity index (χ2v) is 8.75. The number of anilines is 1. The normalized spacial score (nSPS) is 19.5. The maximum atomic E-state index is 14.1. The highest BCUT2D eigenvalue weighted by Gasteiger charge is 2.53. The van der Waals surface area contributed by atoms with Crippen LogP contribution in [-0.2, 0) is 0 Å². The molecule has 1 spiro atoms. The van der Waals surface area contributed by atoms with E-state index in [-0.39, 0.29) is 11.3 Å². The predicted molar refractivity (Wildman–Crippen MR) is 125 cm³/mol. The van der Waals surface area contributed by atoms with Crippen LogP contribution >= 0.6 is 0 Å². The Hall–Kier alpha value is -3.26. The molecule has 3 nitrogen and oxygen atoms in total. The van der Waals surface area contributed by atoms with Crippen molar-refractivity contribution in [1.82, 2.24) is 0 Å². The van der Waals surface area contributed by atoms with Gasteiger partial charge in [0.15, 0.2) is 11.6 Å². The van der Waals surface area contributed by atoms with Crippen LogP contribution in [0.1, 0.15) is 56.6 Å². The van der Waals surface area contributed by atoms with Gasteiger partial charge in [0, 0.05) is 45.6 Å². The molecule has 2 aromatic rings. The van der Waals surface area contributed by atoms with E-state index >= 15 is 0 Å². The van der Waals surface area contributed by atoms with Crippen molar-refractivity contribution >= 4 is 11.3 Å². The molecule has 0 aromatic heterocycles. The lowest BCUT2D eigenvalue weighted by Gasteiger charge is -2.35. The van der Waals surface area contributed by atoms with Crippen LogP contribution in [0.2, 0.25) is 0 Å². The maximum Gasteiger partial charge on any atom is 0.162 e. The van der Waals surface area contributed by atoms with Gasteiger partial charge in [-0.25, -0.2) is 8.78 Å². The fraction of sp³-hybridized carbons (Fsp3) is 0.333. The number of ether oxygens (including phenoxy) is 1. The standard InChI is InChI=1S/C27H28F2N2O/c1-4-6-20(31-19-9-7-18(8-10-19)21(5-2)17(3)30)13-23-22-14-24(28)25(29)15-26(22)32-16-27(23)11-12-27/h2,6-10,14-15,23,31H,4,11-13,16,30H2,1,3H3/b20-6+,21-17+. The number of nitrogens with one attached hydrogen (secondary N) is 1. The highest BCUT2D eigenvalue weighted by molar-refractivity contribution is 5.80. The molecule has 1 unspecified atom stereocenters. The van der Waals surface area contributed by atoms with E-state index in [1.54, 1.807) is 6.92 Å². The third-order valence-corrected chi connectivity index (χ3v) is 6.47. The fourth-order valence-corrected chi connectivity index (χ4v) is 4.56. The number of terminal acetylenes is 1. The Kier molecular flexibility index (Phi) is 5.97. The molecule has 166 valence electrons. The summed E-state index contributed by atoms with van der Waals surface area (Å²) in [5.74, 6) is 1.47. The number of fused-ring (bicyclic) bond motifs is 1. The van der Waals surface area contributed by atoms with Gasteiger partial charge in [-0.15, -0.1) is 6.42 Å². The second-order valence-electron chi connectivity index (χ2n) is 8.75. The van der Waals surface area contributed by atoms with E-state index in [2.05, 4.69) is 24.2 Å². The average Bonchev–Trinajstić information content (AvgIpc) is 3.54. The Morgan fingerprint density at radius 2 is 1.94 bits per heavy atom. The molecule has 0 radical (unpaired) electrons. The van der Waals surface area contributed by atoms with Crippen molar-refractivity contribution in [2.75, 3.05) is 11.9 Å². The number of hydrogen-bond donors (Lipinski definition) is 2. The minimum atomic E-state index is -0.870. The zero-order chi connectivity index (χ0) is 22.9. The van der Waals surface area contributed by atoms with Gasteiger partial charge >= 0.3 is 0 Å². The van der Waals surface area contributed by atoms with Crippen molar-refractivity contribution in [1.29, 1.82) is 0 Å². The van der Waals surface area contributed by atoms with E-state index in [1.807, 2.05) is 24.3 Å². The SMILES string of the molecule is C#C/C(=C(/C)N)c1ccc(N/C(=C/CC)CC2c3cc(F)c(F)cc3OCC23CC3)cc1. The number of benzene rings is 2. The lowest BCUT2D eigenvalue weighted by molar-refractivity contribution is 0.173. The summed E-state index contributed by atoms with van der Waals surface area (Å²) in [5.41, 5.74) is 10.8. The molecule has 5 heteroatoms. The van der Waals surface area contributed by atoms with E-state index in [1.165, 1.54) is 12.1 Å². The molecule has 1 aliphatic heterocycles. The van der Waals surface area contributed by atoms with Crippen LogP contribution in [0.3, 0.4) is 0 Å².